The van der Waals surface area contributed by atoms with Crippen molar-refractivity contribution in [3.8, 4) is 0 Å². The highest BCUT2D eigenvalue weighted by Gasteiger charge is 2.27. The molecule has 1 aromatic rings. The van der Waals surface area contributed by atoms with Crippen LogP contribution in [0.2, 0.25) is 5.02 Å². The highest BCUT2D eigenvalue weighted by atomic mass is 35.5. The summed E-state index contributed by atoms with van der Waals surface area (Å²) in [5.74, 6) is 0.235. The lowest BCUT2D eigenvalue weighted by atomic mass is 9.98. The monoisotopic (exact) mass is 390 g/mol. The summed E-state index contributed by atoms with van der Waals surface area (Å²) in [5, 5.41) is 0.419. The van der Waals surface area contributed by atoms with Crippen molar-refractivity contribution in [2.24, 2.45) is 5.92 Å². The van der Waals surface area contributed by atoms with Crippen molar-refractivity contribution < 1.29 is 13.2 Å². The molecule has 2 rings (SSSR count). The molecule has 5 nitrogen and oxygen atoms in total. The molecule has 1 fully saturated rings. The number of rotatable bonds is 6. The van der Waals surface area contributed by atoms with Gasteiger partial charge in [-0.25, -0.2) is 13.1 Å². The molecule has 0 aromatic heterocycles. The Balaban J connectivity index is 1.92. The van der Waals surface area contributed by atoms with Crippen LogP contribution in [0.15, 0.2) is 29.2 Å². The number of piperidine rings is 1. The first kappa shape index (κ1) is 19.6. The van der Waals surface area contributed by atoms with Crippen LogP contribution in [-0.2, 0) is 14.8 Å². The number of likely N-dealkylation sites (tertiary alicyclic amines) is 1. The van der Waals surface area contributed by atoms with Crippen molar-refractivity contribution in [1.29, 1.82) is 0 Å². The number of sulfonamides is 1. The van der Waals surface area contributed by atoms with E-state index in [0.29, 0.717) is 18.1 Å². The van der Waals surface area contributed by atoms with E-state index in [-0.39, 0.29) is 17.1 Å². The zero-order valence-electron chi connectivity index (χ0n) is 13.9. The summed E-state index contributed by atoms with van der Waals surface area (Å²) < 4.78 is 25.0. The summed E-state index contributed by atoms with van der Waals surface area (Å²) in [4.78, 5) is 15.4. The molecule has 134 valence electrons. The van der Waals surface area contributed by atoms with E-state index in [1.54, 1.807) is 0 Å². The Morgan fingerprint density at radius 3 is 2.83 bits per heavy atom. The zero-order valence-corrected chi connectivity index (χ0v) is 16.3. The fourth-order valence-corrected chi connectivity index (χ4v) is 4.52. The maximum Gasteiger partial charge on any atom is 0.235 e. The molecule has 0 bridgehead atoms. The molecule has 8 heteroatoms. The summed E-state index contributed by atoms with van der Waals surface area (Å²) in [6.45, 7) is 3.58. The van der Waals surface area contributed by atoms with Crippen LogP contribution >= 0.6 is 23.4 Å². The van der Waals surface area contributed by atoms with Gasteiger partial charge in [0.2, 0.25) is 15.9 Å². The number of thioether (sulfide) groups is 1. The second kappa shape index (κ2) is 8.56. The fourth-order valence-electron chi connectivity index (χ4n) is 2.74. The van der Waals surface area contributed by atoms with Crippen LogP contribution < -0.4 is 4.72 Å². The van der Waals surface area contributed by atoms with Gasteiger partial charge >= 0.3 is 0 Å². The number of nitrogens with zero attached hydrogens (tertiary/aromatic N) is 1. The molecular weight excluding hydrogens is 368 g/mol. The summed E-state index contributed by atoms with van der Waals surface area (Å²) in [6, 6.07) is 7.49. The SMILES string of the molecule is C[C@H](Sc1ccccc1Cl)C(=O)N1CCC[C@@H](CNS(C)(=O)=O)C1. The fraction of sp³-hybridized carbons (Fsp3) is 0.562. The number of benzene rings is 1. The molecule has 0 saturated carbocycles. The van der Waals surface area contributed by atoms with E-state index in [2.05, 4.69) is 4.72 Å². The van der Waals surface area contributed by atoms with Crippen molar-refractivity contribution in [3.05, 3.63) is 29.3 Å². The third kappa shape index (κ3) is 5.95. The van der Waals surface area contributed by atoms with Crippen molar-refractivity contribution in [2.45, 2.75) is 29.9 Å². The molecule has 0 unspecified atom stereocenters. The molecule has 1 N–H and O–H groups in total. The number of carbonyl (C=O) groups excluding carboxylic acids is 1. The van der Waals surface area contributed by atoms with Gasteiger partial charge in [-0.1, -0.05) is 23.7 Å². The normalized spacial score (nSPS) is 20.0. The molecular formula is C16H23ClN2O3S2. The number of carbonyl (C=O) groups is 1. The molecule has 0 radical (unpaired) electrons. The van der Waals surface area contributed by atoms with Gasteiger partial charge in [0, 0.05) is 24.5 Å². The molecule has 2 atom stereocenters. The van der Waals surface area contributed by atoms with Gasteiger partial charge in [-0.05, 0) is 37.8 Å². The standard InChI is InChI=1S/C16H23ClN2O3S2/c1-12(23-15-8-4-3-7-14(15)17)16(20)19-9-5-6-13(11-19)10-18-24(2,21)22/h3-4,7-8,12-13,18H,5-6,9-11H2,1-2H3/t12-,13-/m0/s1. The maximum atomic E-state index is 12.7. The lowest BCUT2D eigenvalue weighted by molar-refractivity contribution is -0.132. The van der Waals surface area contributed by atoms with E-state index >= 15 is 0 Å². The van der Waals surface area contributed by atoms with Gasteiger partial charge < -0.3 is 4.90 Å². The Bertz CT molecular complexity index is 682. The zero-order chi connectivity index (χ0) is 17.7. The number of halogens is 1. The number of amides is 1. The molecule has 1 aliphatic heterocycles. The molecule has 1 amide bonds. The molecule has 24 heavy (non-hydrogen) atoms. The van der Waals surface area contributed by atoms with Crippen LogP contribution in [0.1, 0.15) is 19.8 Å². The largest absolute Gasteiger partial charge is 0.341 e. The lowest BCUT2D eigenvalue weighted by Gasteiger charge is -2.34. The average molecular weight is 391 g/mol. The van der Waals surface area contributed by atoms with E-state index in [1.165, 1.54) is 11.8 Å². The second-order valence-corrected chi connectivity index (χ2v) is 9.73. The number of hydrogen-bond acceptors (Lipinski definition) is 4. The highest BCUT2D eigenvalue weighted by molar-refractivity contribution is 8.00. The van der Waals surface area contributed by atoms with Gasteiger partial charge in [-0.15, -0.1) is 11.8 Å². The van der Waals surface area contributed by atoms with Crippen LogP contribution in [0.4, 0.5) is 0 Å². The third-order valence-electron chi connectivity index (χ3n) is 3.95. The van der Waals surface area contributed by atoms with E-state index < -0.39 is 10.0 Å². The smallest absolute Gasteiger partial charge is 0.235 e. The number of nitrogens with one attached hydrogen (secondary N) is 1. The van der Waals surface area contributed by atoms with Crippen molar-refractivity contribution >= 4 is 39.3 Å². The topological polar surface area (TPSA) is 66.5 Å². The van der Waals surface area contributed by atoms with Gasteiger partial charge in [0.15, 0.2) is 0 Å². The van der Waals surface area contributed by atoms with Gasteiger partial charge in [0.05, 0.1) is 16.5 Å². The Morgan fingerprint density at radius 1 is 1.46 bits per heavy atom. The van der Waals surface area contributed by atoms with Crippen molar-refractivity contribution in [3.63, 3.8) is 0 Å². The molecule has 1 aliphatic rings. The van der Waals surface area contributed by atoms with E-state index in [0.717, 1.165) is 30.5 Å². The Morgan fingerprint density at radius 2 is 2.17 bits per heavy atom. The molecule has 1 heterocycles. The van der Waals surface area contributed by atoms with Crippen molar-refractivity contribution in [2.75, 3.05) is 25.9 Å². The Hall–Kier alpha value is -0.760. The first-order chi connectivity index (χ1) is 11.3. The van der Waals surface area contributed by atoms with Gasteiger partial charge in [-0.2, -0.15) is 0 Å². The molecule has 1 aromatic carbocycles. The predicted octanol–water partition coefficient (Wildman–Crippen LogP) is 2.61. The maximum absolute atomic E-state index is 12.7. The van der Waals surface area contributed by atoms with Crippen LogP contribution in [0.5, 0.6) is 0 Å². The predicted molar refractivity (Wildman–Crippen MR) is 98.9 cm³/mol. The van der Waals surface area contributed by atoms with Crippen molar-refractivity contribution in [1.82, 2.24) is 9.62 Å². The minimum absolute atomic E-state index is 0.0731. The lowest BCUT2D eigenvalue weighted by Crippen LogP contribution is -2.46. The van der Waals surface area contributed by atoms with Gasteiger partial charge in [-0.3, -0.25) is 4.79 Å². The van der Waals surface area contributed by atoms with Gasteiger partial charge in [0.25, 0.3) is 0 Å². The number of hydrogen-bond donors (Lipinski definition) is 1. The molecule has 0 aliphatic carbocycles. The van der Waals surface area contributed by atoms with E-state index in [4.69, 9.17) is 11.6 Å². The van der Waals surface area contributed by atoms with E-state index in [1.807, 2.05) is 36.1 Å². The summed E-state index contributed by atoms with van der Waals surface area (Å²) in [5.41, 5.74) is 0. The summed E-state index contributed by atoms with van der Waals surface area (Å²) in [6.07, 6.45) is 2.98. The average Bonchev–Trinajstić information content (AvgIpc) is 2.54. The van der Waals surface area contributed by atoms with Crippen LogP contribution in [0.25, 0.3) is 0 Å². The summed E-state index contributed by atoms with van der Waals surface area (Å²) in [7, 11) is -3.20. The molecule has 0 spiro atoms. The van der Waals surface area contributed by atoms with Crippen LogP contribution in [-0.4, -0.2) is 50.4 Å². The Labute approximate surface area is 153 Å². The highest BCUT2D eigenvalue weighted by Crippen LogP contribution is 2.31. The third-order valence-corrected chi connectivity index (χ3v) is 6.25. The minimum atomic E-state index is -3.20. The van der Waals surface area contributed by atoms with E-state index in [9.17, 15) is 13.2 Å². The first-order valence-electron chi connectivity index (χ1n) is 7.91. The minimum Gasteiger partial charge on any atom is -0.341 e. The molecule has 1 saturated heterocycles. The van der Waals surface area contributed by atoms with Gasteiger partial charge in [0.1, 0.15) is 0 Å². The Kier molecular flexibility index (Phi) is 6.98. The second-order valence-electron chi connectivity index (χ2n) is 6.10. The summed E-state index contributed by atoms with van der Waals surface area (Å²) >= 11 is 7.61. The van der Waals surface area contributed by atoms with Crippen LogP contribution in [0.3, 0.4) is 0 Å². The first-order valence-corrected chi connectivity index (χ1v) is 11.1. The quantitative estimate of drug-likeness (QED) is 0.758. The van der Waals surface area contributed by atoms with Crippen LogP contribution in [0, 0.1) is 5.92 Å².